The third-order valence-corrected chi connectivity index (χ3v) is 19.1. The van der Waals surface area contributed by atoms with Crippen molar-refractivity contribution >= 4 is 11.9 Å². The molecule has 1 amide bonds. The van der Waals surface area contributed by atoms with Crippen molar-refractivity contribution in [1.82, 2.24) is 5.32 Å². The Morgan fingerprint density at radius 3 is 0.826 bits per heavy atom. The molecule has 0 saturated carbocycles. The Morgan fingerprint density at radius 1 is 0.314 bits per heavy atom. The van der Waals surface area contributed by atoms with Crippen molar-refractivity contribution in [3.63, 3.8) is 0 Å². The zero-order valence-corrected chi connectivity index (χ0v) is 58.8. The fourth-order valence-corrected chi connectivity index (χ4v) is 13.0. The monoisotopic (exact) mass is 1210 g/mol. The molecule has 3 N–H and O–H groups in total. The number of hydrogen-bond acceptors (Lipinski definition) is 5. The van der Waals surface area contributed by atoms with E-state index in [-0.39, 0.29) is 18.5 Å². The lowest BCUT2D eigenvalue weighted by Gasteiger charge is -2.22. The number of amides is 1. The molecule has 0 saturated heterocycles. The topological polar surface area (TPSA) is 95.9 Å². The van der Waals surface area contributed by atoms with Crippen molar-refractivity contribution < 1.29 is 24.5 Å². The number of esters is 1. The molecule has 6 heteroatoms. The van der Waals surface area contributed by atoms with E-state index in [1.54, 1.807) is 0 Å². The summed E-state index contributed by atoms with van der Waals surface area (Å²) in [5.74, 6) is -0.000872. The Bertz CT molecular complexity index is 1300. The first kappa shape index (κ1) is 84.6. The standard InChI is InChI=1S/C80H157NO5/c1-3-5-7-9-11-13-15-17-18-42-45-49-52-56-60-64-68-72-78(83)77(76-82)81-79(84)73-69-65-61-57-53-50-46-43-40-38-36-34-32-30-28-26-24-22-20-19-21-23-25-27-29-31-33-35-37-39-41-44-47-51-55-59-63-67-71-75-86-80(85)74-70-66-62-58-54-48-16-14-12-10-8-6-4-2/h19-20,77-78,82-83H,3-18,21-76H2,1-2H3,(H,81,84)/b20-19-. The Hall–Kier alpha value is -1.40. The third kappa shape index (κ3) is 71.7. The summed E-state index contributed by atoms with van der Waals surface area (Å²) in [4.78, 5) is 24.6. The second-order valence-corrected chi connectivity index (χ2v) is 27.8. The number of carbonyl (C=O) groups is 2. The number of unbranched alkanes of at least 4 members (excludes halogenated alkanes) is 63. The Kier molecular flexibility index (Phi) is 74.8. The van der Waals surface area contributed by atoms with Gasteiger partial charge in [-0.2, -0.15) is 0 Å². The van der Waals surface area contributed by atoms with Gasteiger partial charge in [0.2, 0.25) is 5.91 Å². The number of ether oxygens (including phenoxy) is 1. The highest BCUT2D eigenvalue weighted by Gasteiger charge is 2.20. The van der Waals surface area contributed by atoms with Crippen molar-refractivity contribution in [2.24, 2.45) is 0 Å². The summed E-state index contributed by atoms with van der Waals surface area (Å²) in [7, 11) is 0. The van der Waals surface area contributed by atoms with Gasteiger partial charge >= 0.3 is 5.97 Å². The van der Waals surface area contributed by atoms with Crippen LogP contribution in [0.3, 0.4) is 0 Å². The normalized spacial score (nSPS) is 12.5. The Morgan fingerprint density at radius 2 is 0.547 bits per heavy atom. The number of carbonyl (C=O) groups excluding carboxylic acids is 2. The van der Waals surface area contributed by atoms with E-state index in [0.29, 0.717) is 25.9 Å². The van der Waals surface area contributed by atoms with Crippen LogP contribution in [0, 0.1) is 0 Å². The molecule has 0 radical (unpaired) electrons. The molecule has 0 aromatic carbocycles. The third-order valence-electron chi connectivity index (χ3n) is 19.1. The van der Waals surface area contributed by atoms with E-state index in [0.717, 1.165) is 38.5 Å². The van der Waals surface area contributed by atoms with Crippen LogP contribution in [0.5, 0.6) is 0 Å². The minimum Gasteiger partial charge on any atom is -0.466 e. The summed E-state index contributed by atoms with van der Waals surface area (Å²) in [6.45, 7) is 5.01. The maximum Gasteiger partial charge on any atom is 0.305 e. The fraction of sp³-hybridized carbons (Fsp3) is 0.950. The molecule has 0 fully saturated rings. The summed E-state index contributed by atoms with van der Waals surface area (Å²) in [6.07, 6.45) is 96.0. The number of aliphatic hydroxyl groups excluding tert-OH is 2. The highest BCUT2D eigenvalue weighted by Crippen LogP contribution is 2.20. The fourth-order valence-electron chi connectivity index (χ4n) is 13.0. The molecule has 0 aromatic rings. The molecule has 0 rings (SSSR count). The molecule has 2 atom stereocenters. The summed E-state index contributed by atoms with van der Waals surface area (Å²) < 4.78 is 5.50. The van der Waals surface area contributed by atoms with Crippen LogP contribution in [0.1, 0.15) is 463 Å². The van der Waals surface area contributed by atoms with Crippen LogP contribution < -0.4 is 5.32 Å². The Labute approximate surface area is 539 Å². The molecule has 0 aliphatic carbocycles. The number of rotatable bonds is 76. The van der Waals surface area contributed by atoms with E-state index in [4.69, 9.17) is 4.74 Å². The van der Waals surface area contributed by atoms with E-state index in [1.165, 1.54) is 392 Å². The molecule has 0 heterocycles. The Balaban J connectivity index is 3.31. The largest absolute Gasteiger partial charge is 0.466 e. The minimum atomic E-state index is -0.661. The zero-order valence-electron chi connectivity index (χ0n) is 58.8. The van der Waals surface area contributed by atoms with Crippen molar-refractivity contribution in [3.05, 3.63) is 12.2 Å². The van der Waals surface area contributed by atoms with Gasteiger partial charge in [-0.25, -0.2) is 0 Å². The van der Waals surface area contributed by atoms with Crippen molar-refractivity contribution in [2.75, 3.05) is 13.2 Å². The van der Waals surface area contributed by atoms with Gasteiger partial charge < -0.3 is 20.3 Å². The van der Waals surface area contributed by atoms with E-state index < -0.39 is 12.1 Å². The molecular formula is C80H157NO5. The lowest BCUT2D eigenvalue weighted by molar-refractivity contribution is -0.143. The molecular weight excluding hydrogens is 1050 g/mol. The summed E-state index contributed by atoms with van der Waals surface area (Å²) in [6, 6.07) is -0.538. The highest BCUT2D eigenvalue weighted by atomic mass is 16.5. The summed E-state index contributed by atoms with van der Waals surface area (Å²) >= 11 is 0. The second kappa shape index (κ2) is 76.1. The summed E-state index contributed by atoms with van der Waals surface area (Å²) in [5, 5.41) is 23.4. The average Bonchev–Trinajstić information content (AvgIpc) is 3.56. The molecule has 0 aromatic heterocycles. The average molecular weight is 1210 g/mol. The predicted octanol–water partition coefficient (Wildman–Crippen LogP) is 26.3. The maximum absolute atomic E-state index is 12.5. The van der Waals surface area contributed by atoms with Crippen LogP contribution in [0.2, 0.25) is 0 Å². The lowest BCUT2D eigenvalue weighted by Crippen LogP contribution is -2.45. The quantitative estimate of drug-likeness (QED) is 0.0320. The van der Waals surface area contributed by atoms with Gasteiger partial charge in [0.15, 0.2) is 0 Å². The SMILES string of the molecule is CCCCCCCCCCCCCCCCCCCC(O)C(CO)NC(=O)CCCCCCCCCCCCCCCCCCC/C=C\CCCCCCCCCCCCCCCCCCCCOC(=O)CCCCCCCCCCCCCCC. The molecule has 2 unspecified atom stereocenters. The molecule has 0 aliphatic heterocycles. The number of hydrogen-bond donors (Lipinski definition) is 3. The first-order chi connectivity index (χ1) is 42.5. The highest BCUT2D eigenvalue weighted by molar-refractivity contribution is 5.76. The van der Waals surface area contributed by atoms with Gasteiger partial charge in [-0.15, -0.1) is 0 Å². The molecule has 512 valence electrons. The van der Waals surface area contributed by atoms with E-state index >= 15 is 0 Å². The van der Waals surface area contributed by atoms with Gasteiger partial charge in [-0.3, -0.25) is 9.59 Å². The van der Waals surface area contributed by atoms with E-state index in [2.05, 4.69) is 31.3 Å². The molecule has 6 nitrogen and oxygen atoms in total. The smallest absolute Gasteiger partial charge is 0.305 e. The van der Waals surface area contributed by atoms with Gasteiger partial charge in [-0.05, 0) is 51.4 Å². The maximum atomic E-state index is 12.5. The lowest BCUT2D eigenvalue weighted by atomic mass is 10.0. The van der Waals surface area contributed by atoms with Crippen LogP contribution >= 0.6 is 0 Å². The first-order valence-corrected chi connectivity index (χ1v) is 39.9. The number of nitrogens with one attached hydrogen (secondary N) is 1. The van der Waals surface area contributed by atoms with Gasteiger partial charge in [-0.1, -0.05) is 411 Å². The van der Waals surface area contributed by atoms with Crippen LogP contribution in [-0.2, 0) is 14.3 Å². The van der Waals surface area contributed by atoms with Crippen molar-refractivity contribution in [2.45, 2.75) is 475 Å². The van der Waals surface area contributed by atoms with Crippen LogP contribution in [0.25, 0.3) is 0 Å². The number of aliphatic hydroxyl groups is 2. The molecule has 0 spiro atoms. The van der Waals surface area contributed by atoms with Crippen LogP contribution in [0.15, 0.2) is 12.2 Å². The van der Waals surface area contributed by atoms with Gasteiger partial charge in [0.05, 0.1) is 25.4 Å². The van der Waals surface area contributed by atoms with Crippen LogP contribution in [-0.4, -0.2) is 47.4 Å². The van der Waals surface area contributed by atoms with E-state index in [9.17, 15) is 19.8 Å². The second-order valence-electron chi connectivity index (χ2n) is 27.8. The van der Waals surface area contributed by atoms with Gasteiger partial charge in [0, 0.05) is 12.8 Å². The van der Waals surface area contributed by atoms with Gasteiger partial charge in [0.25, 0.3) is 0 Å². The molecule has 0 bridgehead atoms. The van der Waals surface area contributed by atoms with Crippen LogP contribution in [0.4, 0.5) is 0 Å². The number of allylic oxidation sites excluding steroid dienone is 2. The molecule has 0 aliphatic rings. The van der Waals surface area contributed by atoms with Crippen molar-refractivity contribution in [3.8, 4) is 0 Å². The first-order valence-electron chi connectivity index (χ1n) is 39.9. The van der Waals surface area contributed by atoms with E-state index in [1.807, 2.05) is 0 Å². The summed E-state index contributed by atoms with van der Waals surface area (Å²) in [5.41, 5.74) is 0. The van der Waals surface area contributed by atoms with Crippen molar-refractivity contribution in [1.29, 1.82) is 0 Å². The van der Waals surface area contributed by atoms with Gasteiger partial charge in [0.1, 0.15) is 0 Å². The zero-order chi connectivity index (χ0) is 62.0. The minimum absolute atomic E-state index is 0.0251. The molecule has 86 heavy (non-hydrogen) atoms. The predicted molar refractivity (Wildman–Crippen MR) is 380 cm³/mol.